The van der Waals surface area contributed by atoms with Gasteiger partial charge in [-0.1, -0.05) is 6.07 Å². The van der Waals surface area contributed by atoms with Crippen molar-refractivity contribution < 1.29 is 0 Å². The Kier molecular flexibility index (Phi) is 2.53. The maximum Gasteiger partial charge on any atom is 0.188 e. The molecule has 78 valence electrons. The Morgan fingerprint density at radius 1 is 1.60 bits per heavy atom. The Morgan fingerprint density at radius 2 is 2.47 bits per heavy atom. The highest BCUT2D eigenvalue weighted by Crippen LogP contribution is 2.03. The summed E-state index contributed by atoms with van der Waals surface area (Å²) in [5.74, 6) is 0.423. The number of aromatic nitrogens is 2. The summed E-state index contributed by atoms with van der Waals surface area (Å²) in [5, 5.41) is 2.96. The van der Waals surface area contributed by atoms with Crippen LogP contribution in [0, 0.1) is 0 Å². The van der Waals surface area contributed by atoms with Crippen LogP contribution in [0.5, 0.6) is 0 Å². The van der Waals surface area contributed by atoms with Crippen LogP contribution in [-0.4, -0.2) is 22.4 Å². The highest BCUT2D eigenvalue weighted by atomic mass is 15.1. The van der Waals surface area contributed by atoms with Crippen LogP contribution in [0.1, 0.15) is 5.69 Å². The molecule has 2 aromatic heterocycles. The molecule has 0 atom stereocenters. The molecule has 2 rings (SSSR count). The topological polar surface area (TPSA) is 67.7 Å². The number of hydrogen-bond acceptors (Lipinski definition) is 2. The molecule has 3 N–H and O–H groups in total. The van der Waals surface area contributed by atoms with Crippen molar-refractivity contribution in [3.05, 3.63) is 36.3 Å². The van der Waals surface area contributed by atoms with Crippen LogP contribution in [0.3, 0.4) is 0 Å². The standard InChI is InChI=1S/C10H13N5/c1-12-10(11)13-6-8-7-15-5-3-2-4-9(15)14-8/h2-5,7H,6H2,1H3,(H3,11,12,13). The molecule has 0 fully saturated rings. The zero-order valence-electron chi connectivity index (χ0n) is 8.51. The van der Waals surface area contributed by atoms with E-state index < -0.39 is 0 Å². The van der Waals surface area contributed by atoms with Crippen LogP contribution in [0.25, 0.3) is 5.65 Å². The first-order valence-corrected chi connectivity index (χ1v) is 4.68. The van der Waals surface area contributed by atoms with Gasteiger partial charge >= 0.3 is 0 Å². The fourth-order valence-electron chi connectivity index (χ4n) is 1.33. The van der Waals surface area contributed by atoms with E-state index in [-0.39, 0.29) is 0 Å². The molecular weight excluding hydrogens is 190 g/mol. The van der Waals surface area contributed by atoms with Crippen molar-refractivity contribution in [2.24, 2.45) is 10.7 Å². The molecule has 2 aromatic rings. The van der Waals surface area contributed by atoms with Crippen molar-refractivity contribution in [3.8, 4) is 0 Å². The van der Waals surface area contributed by atoms with E-state index in [0.29, 0.717) is 12.5 Å². The first-order valence-electron chi connectivity index (χ1n) is 4.68. The van der Waals surface area contributed by atoms with E-state index in [1.807, 2.05) is 35.0 Å². The number of nitrogens with two attached hydrogens (primary N) is 1. The molecule has 0 saturated carbocycles. The SMILES string of the molecule is CN=C(N)NCc1cn2ccccc2n1. The van der Waals surface area contributed by atoms with E-state index in [1.165, 1.54) is 0 Å². The smallest absolute Gasteiger partial charge is 0.188 e. The van der Waals surface area contributed by atoms with Gasteiger partial charge in [-0.15, -0.1) is 0 Å². The van der Waals surface area contributed by atoms with E-state index >= 15 is 0 Å². The minimum atomic E-state index is 0.423. The monoisotopic (exact) mass is 203 g/mol. The van der Waals surface area contributed by atoms with Crippen LogP contribution >= 0.6 is 0 Å². The Labute approximate surface area is 87.6 Å². The van der Waals surface area contributed by atoms with Gasteiger partial charge in [-0.2, -0.15) is 0 Å². The van der Waals surface area contributed by atoms with E-state index in [9.17, 15) is 0 Å². The zero-order valence-corrected chi connectivity index (χ0v) is 8.51. The zero-order chi connectivity index (χ0) is 10.7. The van der Waals surface area contributed by atoms with Gasteiger partial charge in [0.1, 0.15) is 5.65 Å². The van der Waals surface area contributed by atoms with Crippen LogP contribution in [0.2, 0.25) is 0 Å². The molecule has 5 nitrogen and oxygen atoms in total. The van der Waals surface area contributed by atoms with Crippen LogP contribution < -0.4 is 11.1 Å². The molecule has 2 heterocycles. The number of nitrogens with one attached hydrogen (secondary N) is 1. The second-order valence-corrected chi connectivity index (χ2v) is 3.16. The molecule has 0 unspecified atom stereocenters. The second-order valence-electron chi connectivity index (χ2n) is 3.16. The number of imidazole rings is 1. The molecule has 0 aromatic carbocycles. The second kappa shape index (κ2) is 4.00. The summed E-state index contributed by atoms with van der Waals surface area (Å²) < 4.78 is 1.97. The van der Waals surface area contributed by atoms with E-state index in [1.54, 1.807) is 7.05 Å². The number of hydrogen-bond donors (Lipinski definition) is 2. The molecule has 0 spiro atoms. The average Bonchev–Trinajstić information content (AvgIpc) is 2.68. The molecule has 0 aliphatic rings. The van der Waals surface area contributed by atoms with Gasteiger partial charge < -0.3 is 15.5 Å². The van der Waals surface area contributed by atoms with Crippen molar-refractivity contribution in [2.45, 2.75) is 6.54 Å². The minimum Gasteiger partial charge on any atom is -0.370 e. The van der Waals surface area contributed by atoms with Crippen molar-refractivity contribution in [1.29, 1.82) is 0 Å². The Morgan fingerprint density at radius 3 is 3.20 bits per heavy atom. The lowest BCUT2D eigenvalue weighted by Crippen LogP contribution is -2.30. The highest BCUT2D eigenvalue weighted by Gasteiger charge is 2.00. The van der Waals surface area contributed by atoms with Crippen molar-refractivity contribution in [3.63, 3.8) is 0 Å². The van der Waals surface area contributed by atoms with Gasteiger partial charge in [-0.05, 0) is 12.1 Å². The molecule has 0 aliphatic heterocycles. The quantitative estimate of drug-likeness (QED) is 0.547. The predicted molar refractivity (Wildman–Crippen MR) is 59.6 cm³/mol. The minimum absolute atomic E-state index is 0.423. The van der Waals surface area contributed by atoms with Crippen molar-refractivity contribution in [2.75, 3.05) is 7.05 Å². The third-order valence-corrected chi connectivity index (χ3v) is 2.11. The van der Waals surface area contributed by atoms with Gasteiger partial charge in [-0.3, -0.25) is 4.99 Å². The molecule has 5 heteroatoms. The van der Waals surface area contributed by atoms with Crippen molar-refractivity contribution in [1.82, 2.24) is 14.7 Å². The first-order chi connectivity index (χ1) is 7.29. The van der Waals surface area contributed by atoms with Gasteiger partial charge in [0.25, 0.3) is 0 Å². The summed E-state index contributed by atoms with van der Waals surface area (Å²) in [4.78, 5) is 8.22. The van der Waals surface area contributed by atoms with Crippen molar-refractivity contribution >= 4 is 11.6 Å². The molecule has 15 heavy (non-hydrogen) atoms. The molecule has 0 amide bonds. The van der Waals surface area contributed by atoms with Crippen LogP contribution in [-0.2, 0) is 6.54 Å². The lowest BCUT2D eigenvalue weighted by Gasteiger charge is -2.00. The summed E-state index contributed by atoms with van der Waals surface area (Å²) in [6, 6.07) is 5.88. The third kappa shape index (κ3) is 2.07. The molecule has 0 saturated heterocycles. The number of fused-ring (bicyclic) bond motifs is 1. The fourth-order valence-corrected chi connectivity index (χ4v) is 1.33. The summed E-state index contributed by atoms with van der Waals surface area (Å²) in [6.07, 6.45) is 3.92. The number of pyridine rings is 1. The largest absolute Gasteiger partial charge is 0.370 e. The average molecular weight is 203 g/mol. The van der Waals surface area contributed by atoms with Gasteiger partial charge in [0, 0.05) is 19.4 Å². The van der Waals surface area contributed by atoms with Gasteiger partial charge in [-0.25, -0.2) is 4.98 Å². The fraction of sp³-hybridized carbons (Fsp3) is 0.200. The van der Waals surface area contributed by atoms with E-state index in [2.05, 4.69) is 15.3 Å². The Balaban J connectivity index is 2.15. The van der Waals surface area contributed by atoms with Gasteiger partial charge in [0.2, 0.25) is 0 Å². The first kappa shape index (κ1) is 9.51. The van der Waals surface area contributed by atoms with E-state index in [4.69, 9.17) is 5.73 Å². The number of rotatable bonds is 2. The number of guanidine groups is 1. The predicted octanol–water partition coefficient (Wildman–Crippen LogP) is 0.368. The molecule has 0 aliphatic carbocycles. The Hall–Kier alpha value is -2.04. The molecule has 0 radical (unpaired) electrons. The normalized spacial score (nSPS) is 11.9. The van der Waals surface area contributed by atoms with E-state index in [0.717, 1.165) is 11.3 Å². The summed E-state index contributed by atoms with van der Waals surface area (Å²) in [7, 11) is 1.64. The van der Waals surface area contributed by atoms with Gasteiger partial charge in [0.15, 0.2) is 5.96 Å². The summed E-state index contributed by atoms with van der Waals surface area (Å²) in [5.41, 5.74) is 7.39. The molecule has 0 bridgehead atoms. The Bertz CT molecular complexity index is 452. The van der Waals surface area contributed by atoms with Crippen LogP contribution in [0.4, 0.5) is 0 Å². The maximum absolute atomic E-state index is 5.52. The summed E-state index contributed by atoms with van der Waals surface area (Å²) in [6.45, 7) is 0.588. The number of nitrogens with zero attached hydrogens (tertiary/aromatic N) is 3. The lowest BCUT2D eigenvalue weighted by molar-refractivity contribution is 0.873. The maximum atomic E-state index is 5.52. The summed E-state index contributed by atoms with van der Waals surface area (Å²) >= 11 is 0. The van der Waals surface area contributed by atoms with Crippen LogP contribution in [0.15, 0.2) is 35.6 Å². The third-order valence-electron chi connectivity index (χ3n) is 2.11. The highest BCUT2D eigenvalue weighted by molar-refractivity contribution is 5.77. The van der Waals surface area contributed by atoms with Gasteiger partial charge in [0.05, 0.1) is 12.2 Å². The lowest BCUT2D eigenvalue weighted by atomic mass is 10.5. The molecular formula is C10H13N5. The number of aliphatic imine (C=N–C) groups is 1.